The Morgan fingerprint density at radius 2 is 1.70 bits per heavy atom. The van der Waals surface area contributed by atoms with Gasteiger partial charge in [0.2, 0.25) is 10.0 Å². The Morgan fingerprint density at radius 3 is 2.33 bits per heavy atom. The largest absolute Gasteiger partial charge is 0.456 e. The molecule has 6 nitrogen and oxygen atoms in total. The van der Waals surface area contributed by atoms with E-state index in [2.05, 4.69) is 4.90 Å². The fraction of sp³-hybridized carbons (Fsp3) is 0.208. The molecule has 33 heavy (non-hydrogen) atoms. The first-order valence-corrected chi connectivity index (χ1v) is 12.5. The number of ether oxygens (including phenoxy) is 1. The Bertz CT molecular complexity index is 1290. The van der Waals surface area contributed by atoms with E-state index in [4.69, 9.17) is 27.9 Å². The van der Waals surface area contributed by atoms with Gasteiger partial charge < -0.3 is 9.64 Å². The summed E-state index contributed by atoms with van der Waals surface area (Å²) in [7, 11) is -3.66. The summed E-state index contributed by atoms with van der Waals surface area (Å²) in [5.41, 5.74) is 1.24. The molecule has 170 valence electrons. The van der Waals surface area contributed by atoms with Crippen LogP contribution in [0.1, 0.15) is 12.5 Å². The van der Waals surface area contributed by atoms with Crippen LogP contribution >= 0.6 is 23.2 Å². The summed E-state index contributed by atoms with van der Waals surface area (Å²) < 4.78 is 33.7. The third-order valence-corrected chi connectivity index (χ3v) is 7.97. The Kier molecular flexibility index (Phi) is 6.82. The number of nitriles is 1. The molecule has 1 unspecified atom stereocenters. The van der Waals surface area contributed by atoms with Gasteiger partial charge in [0.1, 0.15) is 23.1 Å². The van der Waals surface area contributed by atoms with Crippen molar-refractivity contribution in [3.05, 3.63) is 82.3 Å². The van der Waals surface area contributed by atoms with Crippen molar-refractivity contribution < 1.29 is 13.2 Å². The van der Waals surface area contributed by atoms with Crippen molar-refractivity contribution >= 4 is 38.9 Å². The maximum atomic E-state index is 13.2. The maximum absolute atomic E-state index is 13.2. The summed E-state index contributed by atoms with van der Waals surface area (Å²) in [6, 6.07) is 20.7. The van der Waals surface area contributed by atoms with Gasteiger partial charge in [-0.25, -0.2) is 8.42 Å². The molecule has 1 atom stereocenters. The number of sulfonamides is 1. The van der Waals surface area contributed by atoms with Gasteiger partial charge >= 0.3 is 0 Å². The predicted molar refractivity (Wildman–Crippen MR) is 130 cm³/mol. The monoisotopic (exact) mass is 501 g/mol. The lowest BCUT2D eigenvalue weighted by Gasteiger charge is -2.40. The highest BCUT2D eigenvalue weighted by Crippen LogP contribution is 2.31. The molecule has 0 spiro atoms. The topological polar surface area (TPSA) is 73.6 Å². The number of hydrogen-bond donors (Lipinski definition) is 0. The van der Waals surface area contributed by atoms with Crippen molar-refractivity contribution in [3.63, 3.8) is 0 Å². The zero-order valence-corrected chi connectivity index (χ0v) is 20.1. The van der Waals surface area contributed by atoms with Crippen LogP contribution in [0.15, 0.2) is 71.6 Å². The van der Waals surface area contributed by atoms with Crippen molar-refractivity contribution in [2.75, 3.05) is 24.5 Å². The SMILES string of the molecule is CC1CN(S(=O)(=O)c2ccc(Oc3cccc(Cl)c3C#N)cc2)CCN1c1ccc(Cl)cc1. The molecule has 4 rings (SSSR count). The van der Waals surface area contributed by atoms with Gasteiger partial charge in [-0.05, 0) is 67.6 Å². The number of rotatable bonds is 5. The van der Waals surface area contributed by atoms with Crippen LogP contribution in [0.4, 0.5) is 5.69 Å². The van der Waals surface area contributed by atoms with Gasteiger partial charge in [0.15, 0.2) is 0 Å². The maximum Gasteiger partial charge on any atom is 0.243 e. The second-order valence-electron chi connectivity index (χ2n) is 7.68. The third-order valence-electron chi connectivity index (χ3n) is 5.52. The van der Waals surface area contributed by atoms with Crippen LogP contribution < -0.4 is 9.64 Å². The summed E-state index contributed by atoms with van der Waals surface area (Å²) in [5, 5.41) is 10.2. The van der Waals surface area contributed by atoms with Crippen molar-refractivity contribution in [1.82, 2.24) is 4.31 Å². The third kappa shape index (κ3) is 4.94. The second kappa shape index (κ2) is 9.62. The number of piperazine rings is 1. The van der Waals surface area contributed by atoms with Crippen molar-refractivity contribution in [3.8, 4) is 17.6 Å². The van der Waals surface area contributed by atoms with Gasteiger partial charge in [0, 0.05) is 36.4 Å². The van der Waals surface area contributed by atoms with E-state index in [1.165, 1.54) is 16.4 Å². The van der Waals surface area contributed by atoms with Gasteiger partial charge in [-0.2, -0.15) is 9.57 Å². The van der Waals surface area contributed by atoms with Gasteiger partial charge in [-0.3, -0.25) is 0 Å². The lowest BCUT2D eigenvalue weighted by molar-refractivity contribution is 0.342. The first kappa shape index (κ1) is 23.4. The highest BCUT2D eigenvalue weighted by atomic mass is 35.5. The van der Waals surface area contributed by atoms with Crippen LogP contribution in [-0.4, -0.2) is 38.4 Å². The summed E-state index contributed by atoms with van der Waals surface area (Å²) in [6.45, 7) is 3.33. The lowest BCUT2D eigenvalue weighted by atomic mass is 10.2. The summed E-state index contributed by atoms with van der Waals surface area (Å²) >= 11 is 12.0. The number of halogens is 2. The van der Waals surface area contributed by atoms with E-state index in [9.17, 15) is 13.7 Å². The predicted octanol–water partition coefficient (Wildman–Crippen LogP) is 5.56. The Morgan fingerprint density at radius 1 is 1.00 bits per heavy atom. The first-order valence-electron chi connectivity index (χ1n) is 10.3. The van der Waals surface area contributed by atoms with E-state index in [0.29, 0.717) is 41.2 Å². The smallest absolute Gasteiger partial charge is 0.243 e. The number of hydrogen-bond acceptors (Lipinski definition) is 5. The quantitative estimate of drug-likeness (QED) is 0.457. The van der Waals surface area contributed by atoms with Gasteiger partial charge in [0.05, 0.1) is 9.92 Å². The van der Waals surface area contributed by atoms with Gasteiger partial charge in [-0.15, -0.1) is 0 Å². The molecule has 0 N–H and O–H groups in total. The van der Waals surface area contributed by atoms with E-state index in [1.54, 1.807) is 30.3 Å². The van der Waals surface area contributed by atoms with E-state index in [0.717, 1.165) is 5.69 Å². The van der Waals surface area contributed by atoms with E-state index in [-0.39, 0.29) is 16.5 Å². The van der Waals surface area contributed by atoms with E-state index >= 15 is 0 Å². The molecule has 0 saturated carbocycles. The minimum absolute atomic E-state index is 0.00420. The Balaban J connectivity index is 1.47. The van der Waals surface area contributed by atoms with Crippen LogP contribution in [0.2, 0.25) is 10.0 Å². The van der Waals surface area contributed by atoms with Crippen LogP contribution in [-0.2, 0) is 10.0 Å². The number of benzene rings is 3. The van der Waals surface area contributed by atoms with Gasteiger partial charge in [0.25, 0.3) is 0 Å². The highest BCUT2D eigenvalue weighted by Gasteiger charge is 2.32. The molecule has 0 aromatic heterocycles. The fourth-order valence-electron chi connectivity index (χ4n) is 3.81. The molecule has 0 aliphatic carbocycles. The molecule has 0 amide bonds. The molecule has 3 aromatic rings. The minimum atomic E-state index is -3.66. The zero-order valence-electron chi connectivity index (χ0n) is 17.8. The summed E-state index contributed by atoms with van der Waals surface area (Å²) in [4.78, 5) is 2.37. The average Bonchev–Trinajstić information content (AvgIpc) is 2.80. The van der Waals surface area contributed by atoms with Crippen molar-refractivity contribution in [2.24, 2.45) is 0 Å². The Labute approximate surface area is 203 Å². The number of nitrogens with zero attached hydrogens (tertiary/aromatic N) is 3. The molecule has 1 aliphatic heterocycles. The standard InChI is InChI=1S/C24H21Cl2N3O3S/c1-17-16-28(13-14-29(17)19-7-5-18(25)6-8-19)33(30,31)21-11-9-20(10-12-21)32-24-4-2-3-23(26)22(24)15-27/h2-12,17H,13-14,16H2,1H3. The van der Waals surface area contributed by atoms with Crippen LogP contribution in [0, 0.1) is 11.3 Å². The lowest BCUT2D eigenvalue weighted by Crippen LogP contribution is -2.53. The van der Waals surface area contributed by atoms with Crippen LogP contribution in [0.3, 0.4) is 0 Å². The molecule has 0 radical (unpaired) electrons. The van der Waals surface area contributed by atoms with E-state index in [1.807, 2.05) is 37.3 Å². The molecule has 1 fully saturated rings. The summed E-state index contributed by atoms with van der Waals surface area (Å²) in [6.07, 6.45) is 0. The molecule has 3 aromatic carbocycles. The molecular formula is C24H21Cl2N3O3S. The molecule has 1 heterocycles. The van der Waals surface area contributed by atoms with E-state index < -0.39 is 10.0 Å². The van der Waals surface area contributed by atoms with Gasteiger partial charge in [-0.1, -0.05) is 29.3 Å². The fourth-order valence-corrected chi connectivity index (χ4v) is 5.66. The molecular weight excluding hydrogens is 481 g/mol. The normalized spacial score (nSPS) is 16.9. The average molecular weight is 502 g/mol. The number of anilines is 1. The molecule has 1 aliphatic rings. The molecule has 1 saturated heterocycles. The molecule has 9 heteroatoms. The van der Waals surface area contributed by atoms with Crippen LogP contribution in [0.5, 0.6) is 11.5 Å². The second-order valence-corrected chi connectivity index (χ2v) is 10.5. The minimum Gasteiger partial charge on any atom is -0.456 e. The zero-order chi connectivity index (χ0) is 23.6. The molecule has 0 bridgehead atoms. The van der Waals surface area contributed by atoms with Crippen molar-refractivity contribution in [1.29, 1.82) is 5.26 Å². The first-order chi connectivity index (χ1) is 15.8. The Hall–Kier alpha value is -2.76. The highest BCUT2D eigenvalue weighted by molar-refractivity contribution is 7.89. The van der Waals surface area contributed by atoms with Crippen molar-refractivity contribution in [2.45, 2.75) is 17.9 Å². The van der Waals surface area contributed by atoms with Crippen LogP contribution in [0.25, 0.3) is 0 Å². The summed E-state index contributed by atoms with van der Waals surface area (Å²) in [5.74, 6) is 0.724.